The van der Waals surface area contributed by atoms with E-state index in [-0.39, 0.29) is 16.9 Å². The molecule has 2 heterocycles. The summed E-state index contributed by atoms with van der Waals surface area (Å²) >= 11 is 0. The number of nitrogens with zero attached hydrogens (tertiary/aromatic N) is 3. The Kier molecular flexibility index (Phi) is 4.77. The summed E-state index contributed by atoms with van der Waals surface area (Å²) in [5.41, 5.74) is 0. The number of nitrogens with one attached hydrogen (secondary N) is 1. The SMILES string of the molecule is Cc1nc(S(=O)(=O)N2CCC(C(=O)NC3C4CC5CC(C4)CC3C5)CC2)cn1C. The number of imidazole rings is 1. The van der Waals surface area contributed by atoms with Crippen LogP contribution in [0.2, 0.25) is 0 Å². The molecule has 8 heteroatoms. The van der Waals surface area contributed by atoms with Crippen molar-refractivity contribution in [2.45, 2.75) is 62.9 Å². The minimum absolute atomic E-state index is 0.0795. The number of rotatable bonds is 4. The van der Waals surface area contributed by atoms with Gasteiger partial charge in [-0.1, -0.05) is 0 Å². The highest BCUT2D eigenvalue weighted by Crippen LogP contribution is 2.53. The topological polar surface area (TPSA) is 84.3 Å². The summed E-state index contributed by atoms with van der Waals surface area (Å²) in [4.78, 5) is 17.2. The van der Waals surface area contributed by atoms with E-state index >= 15 is 0 Å². The van der Waals surface area contributed by atoms with Crippen molar-refractivity contribution in [3.8, 4) is 0 Å². The molecule has 4 bridgehead atoms. The lowest BCUT2D eigenvalue weighted by Gasteiger charge is -2.54. The highest BCUT2D eigenvalue weighted by atomic mass is 32.2. The third-order valence-corrected chi connectivity index (χ3v) is 9.82. The van der Waals surface area contributed by atoms with E-state index in [4.69, 9.17) is 0 Å². The Morgan fingerprint density at radius 2 is 1.66 bits per heavy atom. The Morgan fingerprint density at radius 1 is 1.07 bits per heavy atom. The third kappa shape index (κ3) is 3.42. The van der Waals surface area contributed by atoms with Crippen LogP contribution in [0.5, 0.6) is 0 Å². The van der Waals surface area contributed by atoms with Gasteiger partial charge in [-0.25, -0.2) is 13.4 Å². The Labute approximate surface area is 173 Å². The first-order valence-corrected chi connectivity index (χ1v) is 12.6. The molecule has 0 unspecified atom stereocenters. The predicted octanol–water partition coefficient (Wildman–Crippen LogP) is 2.07. The van der Waals surface area contributed by atoms with Gasteiger partial charge in [0.15, 0.2) is 5.03 Å². The summed E-state index contributed by atoms with van der Waals surface area (Å²) in [6.07, 6.45) is 9.31. The number of hydrogen-bond donors (Lipinski definition) is 1. The van der Waals surface area contributed by atoms with Gasteiger partial charge in [-0.3, -0.25) is 4.79 Å². The van der Waals surface area contributed by atoms with Crippen LogP contribution in [-0.2, 0) is 21.9 Å². The highest BCUT2D eigenvalue weighted by Gasteiger charge is 2.49. The Bertz CT molecular complexity index is 854. The Morgan fingerprint density at radius 3 is 2.17 bits per heavy atom. The minimum Gasteiger partial charge on any atom is -0.353 e. The van der Waals surface area contributed by atoms with Crippen LogP contribution in [0.25, 0.3) is 0 Å². The maximum absolute atomic E-state index is 13.0. The van der Waals surface area contributed by atoms with Gasteiger partial charge in [0.1, 0.15) is 5.82 Å². The molecule has 1 saturated heterocycles. The molecule has 4 saturated carbocycles. The van der Waals surface area contributed by atoms with Crippen molar-refractivity contribution in [1.29, 1.82) is 0 Å². The van der Waals surface area contributed by atoms with Gasteiger partial charge in [0, 0.05) is 38.3 Å². The summed E-state index contributed by atoms with van der Waals surface area (Å²) in [5.74, 6) is 3.88. The van der Waals surface area contributed by atoms with Crippen molar-refractivity contribution < 1.29 is 13.2 Å². The number of carbonyl (C=O) groups excluding carboxylic acids is 1. The van der Waals surface area contributed by atoms with Crippen LogP contribution in [0.1, 0.15) is 50.8 Å². The van der Waals surface area contributed by atoms with E-state index in [0.717, 1.165) is 11.8 Å². The normalized spacial score (nSPS) is 35.2. The fraction of sp³-hybridized carbons (Fsp3) is 0.810. The predicted molar refractivity (Wildman–Crippen MR) is 108 cm³/mol. The number of hydrogen-bond acceptors (Lipinski definition) is 4. The van der Waals surface area contributed by atoms with Crippen LogP contribution in [0.4, 0.5) is 0 Å². The van der Waals surface area contributed by atoms with Crippen LogP contribution in [0.3, 0.4) is 0 Å². The van der Waals surface area contributed by atoms with Gasteiger partial charge in [0.2, 0.25) is 5.91 Å². The fourth-order valence-corrected chi connectivity index (χ4v) is 8.08. The lowest BCUT2D eigenvalue weighted by molar-refractivity contribution is -0.130. The highest BCUT2D eigenvalue weighted by molar-refractivity contribution is 7.89. The molecule has 1 aliphatic heterocycles. The van der Waals surface area contributed by atoms with E-state index in [9.17, 15) is 13.2 Å². The Balaban J connectivity index is 1.19. The van der Waals surface area contributed by atoms with Crippen LogP contribution < -0.4 is 5.32 Å². The van der Waals surface area contributed by atoms with Crippen molar-refractivity contribution in [2.24, 2.45) is 36.6 Å². The minimum atomic E-state index is -3.58. The second kappa shape index (κ2) is 7.08. The average Bonchev–Trinajstić information content (AvgIpc) is 3.03. The van der Waals surface area contributed by atoms with E-state index in [1.807, 2.05) is 0 Å². The number of sulfonamides is 1. The summed E-state index contributed by atoms with van der Waals surface area (Å²) in [7, 11) is -1.79. The number of piperidine rings is 1. The molecule has 160 valence electrons. The quantitative estimate of drug-likeness (QED) is 0.808. The van der Waals surface area contributed by atoms with E-state index in [0.29, 0.717) is 49.6 Å². The first kappa shape index (κ1) is 19.5. The number of amides is 1. The zero-order chi connectivity index (χ0) is 20.3. The maximum Gasteiger partial charge on any atom is 0.262 e. The third-order valence-electron chi connectivity index (χ3n) is 8.05. The van der Waals surface area contributed by atoms with Crippen molar-refractivity contribution in [1.82, 2.24) is 19.2 Å². The smallest absolute Gasteiger partial charge is 0.262 e. The van der Waals surface area contributed by atoms with Gasteiger partial charge in [-0.15, -0.1) is 0 Å². The molecule has 29 heavy (non-hydrogen) atoms. The molecule has 0 atom stereocenters. The monoisotopic (exact) mass is 420 g/mol. The van der Waals surface area contributed by atoms with Crippen LogP contribution in [0.15, 0.2) is 11.2 Å². The molecule has 1 aromatic rings. The molecule has 1 amide bonds. The van der Waals surface area contributed by atoms with Crippen LogP contribution in [-0.4, -0.2) is 47.3 Å². The molecule has 7 nitrogen and oxygen atoms in total. The Hall–Kier alpha value is -1.41. The molecule has 1 aromatic heterocycles. The number of carbonyl (C=O) groups is 1. The van der Waals surface area contributed by atoms with Crippen LogP contribution in [0, 0.1) is 36.5 Å². The molecule has 4 aliphatic carbocycles. The zero-order valence-electron chi connectivity index (χ0n) is 17.4. The molecular weight excluding hydrogens is 388 g/mol. The summed E-state index contributed by atoms with van der Waals surface area (Å²) in [5, 5.41) is 3.51. The number of aromatic nitrogens is 2. The van der Waals surface area contributed by atoms with E-state index in [1.165, 1.54) is 36.4 Å². The average molecular weight is 421 g/mol. The van der Waals surface area contributed by atoms with E-state index in [1.54, 1.807) is 24.7 Å². The van der Waals surface area contributed by atoms with Crippen molar-refractivity contribution in [3.63, 3.8) is 0 Å². The first-order chi connectivity index (χ1) is 13.8. The molecular formula is C21H32N4O3S. The van der Waals surface area contributed by atoms with Gasteiger partial charge in [-0.2, -0.15) is 4.31 Å². The number of aryl methyl sites for hydroxylation is 2. The molecule has 1 N–H and O–H groups in total. The zero-order valence-corrected chi connectivity index (χ0v) is 18.2. The molecule has 0 spiro atoms. The van der Waals surface area contributed by atoms with Gasteiger partial charge >= 0.3 is 0 Å². The van der Waals surface area contributed by atoms with E-state index < -0.39 is 10.0 Å². The van der Waals surface area contributed by atoms with Gasteiger partial charge in [-0.05, 0) is 75.5 Å². The standard InChI is InChI=1S/C21H32N4O3S/c1-13-22-19(12-24(13)2)29(27,28)25-5-3-16(4-6-25)21(26)23-20-17-8-14-7-15(10-17)11-18(20)9-14/h12,14-18,20H,3-11H2,1-2H3,(H,23,26). The second-order valence-corrected chi connectivity index (χ2v) is 11.8. The maximum atomic E-state index is 13.0. The second-order valence-electron chi connectivity index (χ2n) is 9.88. The van der Waals surface area contributed by atoms with Crippen molar-refractivity contribution in [3.05, 3.63) is 12.0 Å². The first-order valence-electron chi connectivity index (χ1n) is 11.1. The largest absolute Gasteiger partial charge is 0.353 e. The molecule has 5 fully saturated rings. The van der Waals surface area contributed by atoms with Gasteiger partial charge in [0.05, 0.1) is 0 Å². The lowest BCUT2D eigenvalue weighted by atomic mass is 9.54. The summed E-state index contributed by atoms with van der Waals surface area (Å²) < 4.78 is 28.9. The van der Waals surface area contributed by atoms with E-state index in [2.05, 4.69) is 10.3 Å². The van der Waals surface area contributed by atoms with Gasteiger partial charge in [0.25, 0.3) is 10.0 Å². The van der Waals surface area contributed by atoms with Crippen molar-refractivity contribution in [2.75, 3.05) is 13.1 Å². The molecule has 0 radical (unpaired) electrons. The fourth-order valence-electron chi connectivity index (χ4n) is 6.58. The molecule has 6 rings (SSSR count). The van der Waals surface area contributed by atoms with Crippen molar-refractivity contribution >= 4 is 15.9 Å². The summed E-state index contributed by atoms with van der Waals surface area (Å²) in [6.45, 7) is 2.56. The molecule has 0 aromatic carbocycles. The summed E-state index contributed by atoms with van der Waals surface area (Å²) in [6, 6.07) is 0.355. The molecule has 5 aliphatic rings. The lowest BCUT2D eigenvalue weighted by Crippen LogP contribution is -2.57. The van der Waals surface area contributed by atoms with Gasteiger partial charge < -0.3 is 9.88 Å². The van der Waals surface area contributed by atoms with Crippen LogP contribution >= 0.6 is 0 Å².